The molecule has 2 unspecified atom stereocenters. The second kappa shape index (κ2) is 3.58. The second-order valence-electron chi connectivity index (χ2n) is 4.15. The third-order valence-electron chi connectivity index (χ3n) is 2.54. The van der Waals surface area contributed by atoms with Crippen molar-refractivity contribution in [1.29, 1.82) is 0 Å². The lowest BCUT2D eigenvalue weighted by Gasteiger charge is -2.29. The Morgan fingerprint density at radius 3 is 2.67 bits per heavy atom. The van der Waals surface area contributed by atoms with Crippen molar-refractivity contribution in [2.24, 2.45) is 0 Å². The third-order valence-corrected chi connectivity index (χ3v) is 2.54. The number of allylic oxidation sites excluding steroid dienone is 1. The first kappa shape index (κ1) is 9.75. The van der Waals surface area contributed by atoms with Gasteiger partial charge in [0, 0.05) is 12.1 Å². The standard InChI is InChI=1S/C10H19NO/c1-8(10(2,3)12)11-9-6-4-5-7-9/h4,6,8-9,11-12H,5,7H2,1-3H3. The van der Waals surface area contributed by atoms with Crippen LogP contribution >= 0.6 is 0 Å². The smallest absolute Gasteiger partial charge is 0.0741 e. The zero-order valence-corrected chi connectivity index (χ0v) is 8.17. The van der Waals surface area contributed by atoms with E-state index in [2.05, 4.69) is 17.5 Å². The van der Waals surface area contributed by atoms with E-state index in [0.29, 0.717) is 6.04 Å². The minimum absolute atomic E-state index is 0.144. The Bertz CT molecular complexity index is 169. The summed E-state index contributed by atoms with van der Waals surface area (Å²) < 4.78 is 0. The highest BCUT2D eigenvalue weighted by Gasteiger charge is 2.24. The topological polar surface area (TPSA) is 32.3 Å². The Hall–Kier alpha value is -0.340. The van der Waals surface area contributed by atoms with Crippen LogP contribution in [0.3, 0.4) is 0 Å². The largest absolute Gasteiger partial charge is 0.389 e. The molecule has 70 valence electrons. The molecule has 0 saturated heterocycles. The zero-order valence-electron chi connectivity index (χ0n) is 8.17. The van der Waals surface area contributed by atoms with Crippen LogP contribution in [0.2, 0.25) is 0 Å². The summed E-state index contributed by atoms with van der Waals surface area (Å²) in [6.45, 7) is 5.69. The maximum absolute atomic E-state index is 9.66. The van der Waals surface area contributed by atoms with Crippen LogP contribution in [0.4, 0.5) is 0 Å². The van der Waals surface area contributed by atoms with Gasteiger partial charge in [0.2, 0.25) is 0 Å². The fourth-order valence-electron chi connectivity index (χ4n) is 1.30. The van der Waals surface area contributed by atoms with Gasteiger partial charge in [-0.3, -0.25) is 0 Å². The number of rotatable bonds is 3. The zero-order chi connectivity index (χ0) is 9.19. The lowest BCUT2D eigenvalue weighted by molar-refractivity contribution is 0.0418. The predicted molar refractivity (Wildman–Crippen MR) is 51.1 cm³/mol. The van der Waals surface area contributed by atoms with Gasteiger partial charge in [0.15, 0.2) is 0 Å². The number of aliphatic hydroxyl groups is 1. The van der Waals surface area contributed by atoms with Gasteiger partial charge in [0.25, 0.3) is 0 Å². The van der Waals surface area contributed by atoms with E-state index in [1.165, 1.54) is 6.42 Å². The Morgan fingerprint density at radius 1 is 1.58 bits per heavy atom. The first-order chi connectivity index (χ1) is 5.50. The minimum atomic E-state index is -0.629. The molecule has 0 radical (unpaired) electrons. The molecule has 0 saturated carbocycles. The summed E-state index contributed by atoms with van der Waals surface area (Å²) in [6.07, 6.45) is 6.70. The highest BCUT2D eigenvalue weighted by molar-refractivity contribution is 5.02. The van der Waals surface area contributed by atoms with E-state index in [1.807, 2.05) is 20.8 Å². The van der Waals surface area contributed by atoms with Crippen LogP contribution in [-0.4, -0.2) is 22.8 Å². The fourth-order valence-corrected chi connectivity index (χ4v) is 1.30. The highest BCUT2D eigenvalue weighted by Crippen LogP contribution is 2.14. The van der Waals surface area contributed by atoms with Crippen molar-refractivity contribution in [1.82, 2.24) is 5.32 Å². The number of hydrogen-bond donors (Lipinski definition) is 2. The quantitative estimate of drug-likeness (QED) is 0.627. The molecule has 2 N–H and O–H groups in total. The van der Waals surface area contributed by atoms with Crippen molar-refractivity contribution in [2.45, 2.75) is 51.3 Å². The average molecular weight is 169 g/mol. The van der Waals surface area contributed by atoms with Gasteiger partial charge >= 0.3 is 0 Å². The molecule has 0 aromatic heterocycles. The van der Waals surface area contributed by atoms with Gasteiger partial charge in [-0.1, -0.05) is 12.2 Å². The van der Waals surface area contributed by atoms with Gasteiger partial charge in [-0.2, -0.15) is 0 Å². The van der Waals surface area contributed by atoms with Gasteiger partial charge in [0.1, 0.15) is 0 Å². The number of nitrogens with one attached hydrogen (secondary N) is 1. The molecule has 1 aliphatic carbocycles. The van der Waals surface area contributed by atoms with E-state index in [1.54, 1.807) is 0 Å². The molecule has 2 heteroatoms. The molecule has 0 spiro atoms. The van der Waals surface area contributed by atoms with E-state index in [-0.39, 0.29) is 6.04 Å². The Morgan fingerprint density at radius 2 is 2.25 bits per heavy atom. The maximum Gasteiger partial charge on any atom is 0.0741 e. The van der Waals surface area contributed by atoms with Crippen LogP contribution in [0, 0.1) is 0 Å². The Labute approximate surface area is 74.7 Å². The van der Waals surface area contributed by atoms with E-state index >= 15 is 0 Å². The van der Waals surface area contributed by atoms with E-state index < -0.39 is 5.60 Å². The molecule has 0 aromatic carbocycles. The van der Waals surface area contributed by atoms with Crippen LogP contribution in [0.1, 0.15) is 33.6 Å². The first-order valence-corrected chi connectivity index (χ1v) is 4.65. The molecule has 0 aromatic rings. The molecule has 2 atom stereocenters. The molecule has 1 aliphatic rings. The van der Waals surface area contributed by atoms with Crippen molar-refractivity contribution < 1.29 is 5.11 Å². The van der Waals surface area contributed by atoms with E-state index in [9.17, 15) is 5.11 Å². The molecule has 0 amide bonds. The monoisotopic (exact) mass is 169 g/mol. The maximum atomic E-state index is 9.66. The van der Waals surface area contributed by atoms with Gasteiger partial charge in [0.05, 0.1) is 5.60 Å². The summed E-state index contributed by atoms with van der Waals surface area (Å²) in [5.74, 6) is 0. The molecule has 1 rings (SSSR count). The summed E-state index contributed by atoms with van der Waals surface area (Å²) in [7, 11) is 0. The molecular formula is C10H19NO. The summed E-state index contributed by atoms with van der Waals surface area (Å²) in [4.78, 5) is 0. The van der Waals surface area contributed by atoms with Crippen molar-refractivity contribution >= 4 is 0 Å². The van der Waals surface area contributed by atoms with Crippen molar-refractivity contribution in [3.63, 3.8) is 0 Å². The predicted octanol–water partition coefficient (Wildman–Crippen LogP) is 1.45. The summed E-state index contributed by atoms with van der Waals surface area (Å²) in [5, 5.41) is 13.0. The van der Waals surface area contributed by atoms with Crippen LogP contribution in [0.5, 0.6) is 0 Å². The van der Waals surface area contributed by atoms with Crippen molar-refractivity contribution in [3.8, 4) is 0 Å². The van der Waals surface area contributed by atoms with E-state index in [4.69, 9.17) is 0 Å². The normalized spacial score (nSPS) is 26.2. The molecule has 0 aliphatic heterocycles. The molecule has 12 heavy (non-hydrogen) atoms. The summed E-state index contributed by atoms with van der Waals surface area (Å²) >= 11 is 0. The Kier molecular flexibility index (Phi) is 2.91. The molecule has 0 bridgehead atoms. The SMILES string of the molecule is CC(NC1C=CCC1)C(C)(C)O. The van der Waals surface area contributed by atoms with Crippen molar-refractivity contribution in [2.75, 3.05) is 0 Å². The van der Waals surface area contributed by atoms with Gasteiger partial charge in [-0.15, -0.1) is 0 Å². The van der Waals surface area contributed by atoms with E-state index in [0.717, 1.165) is 6.42 Å². The highest BCUT2D eigenvalue weighted by atomic mass is 16.3. The molecule has 2 nitrogen and oxygen atoms in total. The molecule has 0 heterocycles. The van der Waals surface area contributed by atoms with Gasteiger partial charge in [-0.05, 0) is 33.6 Å². The van der Waals surface area contributed by atoms with Crippen LogP contribution < -0.4 is 5.32 Å². The van der Waals surface area contributed by atoms with Crippen molar-refractivity contribution in [3.05, 3.63) is 12.2 Å². The fraction of sp³-hybridized carbons (Fsp3) is 0.800. The summed E-state index contributed by atoms with van der Waals surface area (Å²) in [5.41, 5.74) is -0.629. The lowest BCUT2D eigenvalue weighted by atomic mass is 10.00. The minimum Gasteiger partial charge on any atom is -0.389 e. The second-order valence-corrected chi connectivity index (χ2v) is 4.15. The van der Waals surface area contributed by atoms with Crippen LogP contribution in [0.25, 0.3) is 0 Å². The van der Waals surface area contributed by atoms with Gasteiger partial charge in [-0.25, -0.2) is 0 Å². The molecular weight excluding hydrogens is 150 g/mol. The van der Waals surface area contributed by atoms with Crippen LogP contribution in [-0.2, 0) is 0 Å². The average Bonchev–Trinajstić information content (AvgIpc) is 2.37. The third kappa shape index (κ3) is 2.61. The number of hydrogen-bond acceptors (Lipinski definition) is 2. The lowest BCUT2D eigenvalue weighted by Crippen LogP contribution is -2.47. The molecule has 0 fully saturated rings. The first-order valence-electron chi connectivity index (χ1n) is 4.65. The van der Waals surface area contributed by atoms with Crippen LogP contribution in [0.15, 0.2) is 12.2 Å². The van der Waals surface area contributed by atoms with Gasteiger partial charge < -0.3 is 10.4 Å². The Balaban J connectivity index is 2.35. The summed E-state index contributed by atoms with van der Waals surface area (Å²) in [6, 6.07) is 0.608.